The smallest absolute Gasteiger partial charge is 0.224 e. The summed E-state index contributed by atoms with van der Waals surface area (Å²) in [5, 5.41) is 9.16. The third-order valence-electron chi connectivity index (χ3n) is 7.30. The number of amides is 1. The summed E-state index contributed by atoms with van der Waals surface area (Å²) in [6, 6.07) is 1.58. The van der Waals surface area contributed by atoms with E-state index in [1.165, 1.54) is 0 Å². The summed E-state index contributed by atoms with van der Waals surface area (Å²) in [6.45, 7) is 0.936. The second kappa shape index (κ2) is 9.81. The van der Waals surface area contributed by atoms with E-state index in [2.05, 4.69) is 25.9 Å². The molecule has 3 heterocycles. The maximum absolute atomic E-state index is 14.4. The summed E-state index contributed by atoms with van der Waals surface area (Å²) in [5.41, 5.74) is 0.449. The van der Waals surface area contributed by atoms with E-state index in [1.54, 1.807) is 10.8 Å². The molecule has 0 spiro atoms. The number of carbonyl (C=O) groups is 1. The number of imidazole rings is 1. The molecule has 0 radical (unpaired) electrons. The van der Waals surface area contributed by atoms with Crippen molar-refractivity contribution in [3.05, 3.63) is 35.8 Å². The lowest BCUT2D eigenvalue weighted by molar-refractivity contribution is -0.126. The van der Waals surface area contributed by atoms with Gasteiger partial charge in [0.05, 0.1) is 18.8 Å². The molecule has 37 heavy (non-hydrogen) atoms. The zero-order chi connectivity index (χ0) is 25.5. The Morgan fingerprint density at radius 2 is 1.70 bits per heavy atom. The number of hydrogen-bond acceptors (Lipinski definition) is 7. The normalized spacial score (nSPS) is 23.8. The highest BCUT2D eigenvalue weighted by Crippen LogP contribution is 2.33. The summed E-state index contributed by atoms with van der Waals surface area (Å²) >= 11 is 0. The maximum Gasteiger partial charge on any atom is 0.224 e. The molecular formula is C25H28F3N7O2. The molecule has 3 aromatic rings. The molecule has 1 aliphatic heterocycles. The predicted octanol–water partition coefficient (Wildman–Crippen LogP) is 4.20. The molecule has 2 aromatic heterocycles. The molecule has 3 aliphatic rings. The van der Waals surface area contributed by atoms with Crippen molar-refractivity contribution >= 4 is 34.7 Å². The number of aromatic nitrogens is 4. The molecule has 1 unspecified atom stereocenters. The number of fused-ring (bicyclic) bond motifs is 1. The third-order valence-corrected chi connectivity index (χ3v) is 7.30. The minimum Gasteiger partial charge on any atom is -0.379 e. The number of anilines is 3. The van der Waals surface area contributed by atoms with Gasteiger partial charge in [-0.25, -0.2) is 23.1 Å². The highest BCUT2D eigenvalue weighted by atomic mass is 19.1. The minimum atomic E-state index is -1.06. The van der Waals surface area contributed by atoms with Crippen molar-refractivity contribution in [1.29, 1.82) is 0 Å². The molecule has 3 N–H and O–H groups in total. The van der Waals surface area contributed by atoms with Crippen LogP contribution in [0.2, 0.25) is 0 Å². The first-order valence-electron chi connectivity index (χ1n) is 12.8. The van der Waals surface area contributed by atoms with Crippen molar-refractivity contribution in [3.63, 3.8) is 0 Å². The van der Waals surface area contributed by atoms with E-state index in [0.29, 0.717) is 54.9 Å². The average Bonchev–Trinajstić information content (AvgIpc) is 3.38. The lowest BCUT2D eigenvalue weighted by Gasteiger charge is -2.28. The topological polar surface area (TPSA) is 106 Å². The Bertz CT molecular complexity index is 1290. The van der Waals surface area contributed by atoms with E-state index in [9.17, 15) is 18.0 Å². The average molecular weight is 516 g/mol. The van der Waals surface area contributed by atoms with E-state index >= 15 is 0 Å². The van der Waals surface area contributed by atoms with Crippen LogP contribution in [0.25, 0.3) is 11.2 Å². The maximum atomic E-state index is 14.4. The highest BCUT2D eigenvalue weighted by molar-refractivity contribution is 5.79. The van der Waals surface area contributed by atoms with Crippen LogP contribution in [0.1, 0.15) is 51.0 Å². The van der Waals surface area contributed by atoms with E-state index < -0.39 is 23.1 Å². The van der Waals surface area contributed by atoms with Gasteiger partial charge in [0.1, 0.15) is 17.0 Å². The van der Waals surface area contributed by atoms with Crippen LogP contribution < -0.4 is 16.0 Å². The number of carbonyl (C=O) groups excluding carboxylic acids is 1. The quantitative estimate of drug-likeness (QED) is 0.433. The van der Waals surface area contributed by atoms with Crippen LogP contribution in [-0.4, -0.2) is 50.7 Å². The molecule has 2 aliphatic carbocycles. The summed E-state index contributed by atoms with van der Waals surface area (Å²) in [7, 11) is 0. The van der Waals surface area contributed by atoms with Crippen molar-refractivity contribution in [1.82, 2.24) is 24.8 Å². The van der Waals surface area contributed by atoms with Gasteiger partial charge in [0.2, 0.25) is 17.8 Å². The molecule has 1 atom stereocenters. The Morgan fingerprint density at radius 1 is 0.973 bits per heavy atom. The Labute approximate surface area is 211 Å². The Hall–Kier alpha value is -3.41. The van der Waals surface area contributed by atoms with Gasteiger partial charge in [-0.05, 0) is 44.9 Å². The number of halogens is 3. The van der Waals surface area contributed by atoms with Crippen molar-refractivity contribution in [3.8, 4) is 0 Å². The first-order valence-corrected chi connectivity index (χ1v) is 12.8. The SMILES string of the molecule is O=C(NC1CC1)[C@H]1CC[C@H](Nc2ncc3nc(Nc4c(F)cc(F)cc4F)n(C4CCOC4)c3n2)CC1. The lowest BCUT2D eigenvalue weighted by Crippen LogP contribution is -2.37. The van der Waals surface area contributed by atoms with Gasteiger partial charge in [-0.2, -0.15) is 4.98 Å². The summed E-state index contributed by atoms with van der Waals surface area (Å²) in [6.07, 6.45) is 7.67. The number of ether oxygens (including phenoxy) is 1. The molecule has 6 rings (SSSR count). The third kappa shape index (κ3) is 5.07. The summed E-state index contributed by atoms with van der Waals surface area (Å²) in [5.74, 6) is -2.32. The number of hydrogen-bond donors (Lipinski definition) is 3. The van der Waals surface area contributed by atoms with Gasteiger partial charge < -0.3 is 20.7 Å². The molecular weight excluding hydrogens is 487 g/mol. The van der Waals surface area contributed by atoms with E-state index in [-0.39, 0.29) is 29.9 Å². The van der Waals surface area contributed by atoms with Crippen LogP contribution in [0.4, 0.5) is 30.8 Å². The number of benzene rings is 1. The van der Waals surface area contributed by atoms with Gasteiger partial charge in [0, 0.05) is 36.7 Å². The zero-order valence-electron chi connectivity index (χ0n) is 20.1. The van der Waals surface area contributed by atoms with E-state index in [4.69, 9.17) is 9.72 Å². The van der Waals surface area contributed by atoms with Crippen molar-refractivity contribution < 1.29 is 22.7 Å². The molecule has 9 nitrogen and oxygen atoms in total. The standard InChI is InChI=1S/C25H28F3N7O2/c26-14-9-18(27)21(19(28)10-14)33-25-32-20-11-29-24(34-22(20)35(25)17-7-8-37-12-17)31-16-3-1-13(2-4-16)23(36)30-15-5-6-15/h9-11,13,15-17H,1-8,12H2,(H,30,36)(H,32,33)(H,29,31,34)/t13-,16-,17?. The van der Waals surface area contributed by atoms with Gasteiger partial charge in [-0.3, -0.25) is 9.36 Å². The van der Waals surface area contributed by atoms with Crippen LogP contribution in [0.5, 0.6) is 0 Å². The predicted molar refractivity (Wildman–Crippen MR) is 130 cm³/mol. The molecule has 2 saturated carbocycles. The van der Waals surface area contributed by atoms with Crippen molar-refractivity contribution in [2.24, 2.45) is 5.92 Å². The largest absolute Gasteiger partial charge is 0.379 e. The molecule has 1 aromatic carbocycles. The van der Waals surface area contributed by atoms with E-state index in [1.807, 2.05) is 0 Å². The van der Waals surface area contributed by atoms with Gasteiger partial charge in [-0.1, -0.05) is 0 Å². The molecule has 3 fully saturated rings. The van der Waals surface area contributed by atoms with E-state index in [0.717, 1.165) is 38.5 Å². The van der Waals surface area contributed by atoms with Crippen LogP contribution in [-0.2, 0) is 9.53 Å². The van der Waals surface area contributed by atoms with Crippen molar-refractivity contribution in [2.75, 3.05) is 23.8 Å². The number of rotatable bonds is 7. The molecule has 196 valence electrons. The fraction of sp³-hybridized carbons (Fsp3) is 0.520. The Kier molecular flexibility index (Phi) is 6.35. The fourth-order valence-electron chi connectivity index (χ4n) is 5.12. The molecule has 0 bridgehead atoms. The Morgan fingerprint density at radius 3 is 2.38 bits per heavy atom. The molecule has 12 heteroatoms. The summed E-state index contributed by atoms with van der Waals surface area (Å²) < 4.78 is 49.4. The molecule has 1 saturated heterocycles. The van der Waals surface area contributed by atoms with Crippen molar-refractivity contribution in [2.45, 2.75) is 63.1 Å². The monoisotopic (exact) mass is 515 g/mol. The van der Waals surface area contributed by atoms with Gasteiger partial charge in [-0.15, -0.1) is 0 Å². The first-order chi connectivity index (χ1) is 17.9. The minimum absolute atomic E-state index is 0.0479. The molecule has 1 amide bonds. The van der Waals surface area contributed by atoms with Gasteiger partial charge in [0.25, 0.3) is 0 Å². The second-order valence-electron chi connectivity index (χ2n) is 10.1. The lowest BCUT2D eigenvalue weighted by atomic mass is 9.85. The summed E-state index contributed by atoms with van der Waals surface area (Å²) in [4.78, 5) is 25.9. The number of nitrogens with one attached hydrogen (secondary N) is 3. The van der Waals surface area contributed by atoms with Crippen LogP contribution in [0.15, 0.2) is 18.3 Å². The number of nitrogens with zero attached hydrogens (tertiary/aromatic N) is 4. The van der Waals surface area contributed by atoms with Crippen LogP contribution in [0, 0.1) is 23.4 Å². The first kappa shape index (κ1) is 24.0. The van der Waals surface area contributed by atoms with Gasteiger partial charge >= 0.3 is 0 Å². The fourth-order valence-corrected chi connectivity index (χ4v) is 5.12. The zero-order valence-corrected chi connectivity index (χ0v) is 20.1. The second-order valence-corrected chi connectivity index (χ2v) is 10.1. The highest BCUT2D eigenvalue weighted by Gasteiger charge is 2.31. The van der Waals surface area contributed by atoms with Crippen LogP contribution >= 0.6 is 0 Å². The Balaban J connectivity index is 1.23. The van der Waals surface area contributed by atoms with Gasteiger partial charge in [0.15, 0.2) is 17.3 Å². The van der Waals surface area contributed by atoms with Crippen LogP contribution in [0.3, 0.4) is 0 Å².